The molecule has 0 atom stereocenters. The molecule has 0 heterocycles. The fourth-order valence-corrected chi connectivity index (χ4v) is 3.74. The molecule has 2 fully saturated rings. The summed E-state index contributed by atoms with van der Waals surface area (Å²) in [6.45, 7) is 0. The highest BCUT2D eigenvalue weighted by atomic mass is 32.2. The van der Waals surface area contributed by atoms with Crippen molar-refractivity contribution >= 4 is 23.6 Å². The van der Waals surface area contributed by atoms with E-state index >= 15 is 0 Å². The van der Waals surface area contributed by atoms with Crippen LogP contribution >= 0.6 is 11.8 Å². The minimum absolute atomic E-state index is 0.612. The van der Waals surface area contributed by atoms with Crippen LogP contribution in [0.1, 0.15) is 44.1 Å². The molecule has 0 radical (unpaired) electrons. The number of rotatable bonds is 5. The monoisotopic (exact) mass is 272 g/mol. The van der Waals surface area contributed by atoms with Gasteiger partial charge in [-0.3, -0.25) is 4.79 Å². The van der Waals surface area contributed by atoms with Crippen LogP contribution in [-0.2, 0) is 4.79 Å². The molecule has 2 heteroatoms. The summed E-state index contributed by atoms with van der Waals surface area (Å²) >= 11 is 1.96. The molecular formula is C17H20OS. The Bertz CT molecular complexity index is 465. The molecular weight excluding hydrogens is 252 g/mol. The first kappa shape index (κ1) is 13.0. The maximum Gasteiger partial charge on any atom is 0.150 e. The van der Waals surface area contributed by atoms with Crippen molar-refractivity contribution in [3.8, 4) is 0 Å². The Morgan fingerprint density at radius 1 is 1.05 bits per heavy atom. The fraction of sp³-hybridized carbons (Fsp3) is 0.471. The highest BCUT2D eigenvalue weighted by Gasteiger charge is 2.22. The topological polar surface area (TPSA) is 17.1 Å². The third-order valence-corrected chi connectivity index (χ3v) is 5.31. The van der Waals surface area contributed by atoms with Crippen molar-refractivity contribution in [1.29, 1.82) is 0 Å². The fourth-order valence-electron chi connectivity index (χ4n) is 2.69. The standard InChI is InChI=1S/C17H20OS/c18-12-15(11-13-3-1-2-4-13)14-5-7-16(8-6-14)19-17-9-10-17/h5-8,11-13,17H,1-4,9-10H2/b15-11-. The van der Waals surface area contributed by atoms with Gasteiger partial charge < -0.3 is 0 Å². The first-order valence-corrected chi connectivity index (χ1v) is 8.17. The van der Waals surface area contributed by atoms with Crippen molar-refractivity contribution in [3.63, 3.8) is 0 Å². The zero-order valence-corrected chi connectivity index (χ0v) is 12.0. The molecule has 1 nitrogen and oxygen atoms in total. The Morgan fingerprint density at radius 2 is 1.74 bits per heavy atom. The van der Waals surface area contributed by atoms with Gasteiger partial charge in [0.25, 0.3) is 0 Å². The molecule has 0 unspecified atom stereocenters. The molecule has 19 heavy (non-hydrogen) atoms. The minimum atomic E-state index is 0.612. The molecule has 1 aromatic rings. The van der Waals surface area contributed by atoms with Crippen LogP contribution in [0.25, 0.3) is 5.57 Å². The summed E-state index contributed by atoms with van der Waals surface area (Å²) in [6.07, 6.45) is 11.0. The van der Waals surface area contributed by atoms with E-state index in [-0.39, 0.29) is 0 Å². The van der Waals surface area contributed by atoms with Gasteiger partial charge >= 0.3 is 0 Å². The summed E-state index contributed by atoms with van der Waals surface area (Å²) in [5.41, 5.74) is 1.94. The zero-order valence-electron chi connectivity index (χ0n) is 11.2. The van der Waals surface area contributed by atoms with E-state index in [1.807, 2.05) is 11.8 Å². The Hall–Kier alpha value is -1.02. The second-order valence-electron chi connectivity index (χ2n) is 5.63. The summed E-state index contributed by atoms with van der Waals surface area (Å²) in [7, 11) is 0. The predicted octanol–water partition coefficient (Wildman–Crippen LogP) is 4.71. The van der Waals surface area contributed by atoms with Gasteiger partial charge in [0.05, 0.1) is 0 Å². The van der Waals surface area contributed by atoms with Crippen LogP contribution in [-0.4, -0.2) is 11.5 Å². The number of allylic oxidation sites excluding steroid dienone is 2. The van der Waals surface area contributed by atoms with Crippen LogP contribution in [0, 0.1) is 5.92 Å². The highest BCUT2D eigenvalue weighted by molar-refractivity contribution is 8.00. The number of carbonyl (C=O) groups is 1. The molecule has 0 spiro atoms. The summed E-state index contributed by atoms with van der Waals surface area (Å²) in [5, 5.41) is 0.838. The van der Waals surface area contributed by atoms with E-state index in [2.05, 4.69) is 30.3 Å². The molecule has 1 aromatic carbocycles. The number of carbonyl (C=O) groups excluding carboxylic acids is 1. The summed E-state index contributed by atoms with van der Waals surface area (Å²) < 4.78 is 0. The van der Waals surface area contributed by atoms with Crippen molar-refractivity contribution in [2.24, 2.45) is 5.92 Å². The van der Waals surface area contributed by atoms with Gasteiger partial charge in [0.2, 0.25) is 0 Å². The van der Waals surface area contributed by atoms with Crippen LogP contribution in [0.15, 0.2) is 35.2 Å². The molecule has 0 amide bonds. The number of thioether (sulfide) groups is 1. The smallest absolute Gasteiger partial charge is 0.150 e. The van der Waals surface area contributed by atoms with Crippen molar-refractivity contribution in [2.45, 2.75) is 48.7 Å². The Balaban J connectivity index is 1.72. The van der Waals surface area contributed by atoms with Crippen molar-refractivity contribution in [3.05, 3.63) is 35.9 Å². The molecule has 2 aliphatic carbocycles. The van der Waals surface area contributed by atoms with Gasteiger partial charge in [-0.25, -0.2) is 0 Å². The van der Waals surface area contributed by atoms with Gasteiger partial charge in [0.15, 0.2) is 0 Å². The van der Waals surface area contributed by atoms with E-state index < -0.39 is 0 Å². The average Bonchev–Trinajstić information content (AvgIpc) is 3.10. The largest absolute Gasteiger partial charge is 0.298 e. The highest BCUT2D eigenvalue weighted by Crippen LogP contribution is 2.39. The normalized spacial score (nSPS) is 20.7. The van der Waals surface area contributed by atoms with Crippen molar-refractivity contribution in [2.75, 3.05) is 0 Å². The quantitative estimate of drug-likeness (QED) is 0.570. The summed E-state index contributed by atoms with van der Waals surface area (Å²) in [5.74, 6) is 0.612. The number of hydrogen-bond acceptors (Lipinski definition) is 2. The predicted molar refractivity (Wildman–Crippen MR) is 81.3 cm³/mol. The maximum atomic E-state index is 11.3. The van der Waals surface area contributed by atoms with Gasteiger partial charge in [0, 0.05) is 15.7 Å². The third-order valence-electron chi connectivity index (χ3n) is 3.96. The molecule has 2 saturated carbocycles. The van der Waals surface area contributed by atoms with Crippen LogP contribution in [0.5, 0.6) is 0 Å². The summed E-state index contributed by atoms with van der Waals surface area (Å²) in [6, 6.07) is 8.51. The van der Waals surface area contributed by atoms with E-state index in [0.717, 1.165) is 22.7 Å². The lowest BCUT2D eigenvalue weighted by atomic mass is 10.00. The minimum Gasteiger partial charge on any atom is -0.298 e. The number of aldehydes is 1. The Kier molecular flexibility index (Phi) is 4.07. The second kappa shape index (κ2) is 5.96. The van der Waals surface area contributed by atoms with Gasteiger partial charge in [0.1, 0.15) is 6.29 Å². The third kappa shape index (κ3) is 3.50. The van der Waals surface area contributed by atoms with E-state index in [1.165, 1.54) is 43.4 Å². The molecule has 2 aliphatic rings. The number of benzene rings is 1. The lowest BCUT2D eigenvalue weighted by Crippen LogP contribution is -1.93. The first-order chi connectivity index (χ1) is 9.35. The SMILES string of the molecule is O=C/C(=C/C1CCCC1)c1ccc(SC2CC2)cc1. The molecule has 3 rings (SSSR count). The van der Waals surface area contributed by atoms with Gasteiger partial charge in [-0.15, -0.1) is 11.8 Å². The van der Waals surface area contributed by atoms with Crippen LogP contribution in [0.4, 0.5) is 0 Å². The average molecular weight is 272 g/mol. The Morgan fingerprint density at radius 3 is 2.32 bits per heavy atom. The van der Waals surface area contributed by atoms with Crippen molar-refractivity contribution < 1.29 is 4.79 Å². The summed E-state index contributed by atoms with van der Waals surface area (Å²) in [4.78, 5) is 12.6. The van der Waals surface area contributed by atoms with Crippen LogP contribution in [0.2, 0.25) is 0 Å². The van der Waals surface area contributed by atoms with E-state index in [0.29, 0.717) is 5.92 Å². The second-order valence-corrected chi connectivity index (χ2v) is 7.00. The van der Waals surface area contributed by atoms with Gasteiger partial charge in [-0.1, -0.05) is 31.1 Å². The molecule has 0 aliphatic heterocycles. The van der Waals surface area contributed by atoms with Gasteiger partial charge in [-0.05, 0) is 49.3 Å². The van der Waals surface area contributed by atoms with E-state index in [1.54, 1.807) is 0 Å². The van der Waals surface area contributed by atoms with E-state index in [4.69, 9.17) is 0 Å². The lowest BCUT2D eigenvalue weighted by Gasteiger charge is -2.06. The Labute approximate surface area is 119 Å². The molecule has 0 N–H and O–H groups in total. The van der Waals surface area contributed by atoms with E-state index in [9.17, 15) is 4.79 Å². The molecule has 0 aromatic heterocycles. The first-order valence-electron chi connectivity index (χ1n) is 7.29. The molecule has 0 bridgehead atoms. The molecule has 0 saturated heterocycles. The number of hydrogen-bond donors (Lipinski definition) is 0. The maximum absolute atomic E-state index is 11.3. The zero-order chi connectivity index (χ0) is 13.1. The molecule has 100 valence electrons. The lowest BCUT2D eigenvalue weighted by molar-refractivity contribution is -0.103. The van der Waals surface area contributed by atoms with Crippen LogP contribution < -0.4 is 0 Å². The van der Waals surface area contributed by atoms with Crippen molar-refractivity contribution in [1.82, 2.24) is 0 Å². The van der Waals surface area contributed by atoms with Crippen LogP contribution in [0.3, 0.4) is 0 Å². The van der Waals surface area contributed by atoms with Gasteiger partial charge in [-0.2, -0.15) is 0 Å².